The summed E-state index contributed by atoms with van der Waals surface area (Å²) in [6, 6.07) is 22.7. The molecular formula is C29H40O3. The standard InChI is InChI=1S/C24H24O3.2C2H6.CH4/c1-3-18-16-27-24-14-22(11-12-23(18)24)26-15-17-5-4-6-20(13-17)19-7-9-21(25-2)10-8-19;2*1-2;/h4-14,18H,3,15-16H2,1-2H3;2*1-2H3;1H4/t18-;;;/m1.../s1. The van der Waals surface area contributed by atoms with Crippen molar-refractivity contribution >= 4 is 0 Å². The summed E-state index contributed by atoms with van der Waals surface area (Å²) in [6.07, 6.45) is 1.10. The van der Waals surface area contributed by atoms with Gasteiger partial charge in [0, 0.05) is 17.5 Å². The third-order valence-electron chi connectivity index (χ3n) is 5.11. The maximum atomic E-state index is 6.01. The molecule has 32 heavy (non-hydrogen) atoms. The highest BCUT2D eigenvalue weighted by Crippen LogP contribution is 2.38. The molecule has 0 saturated carbocycles. The lowest BCUT2D eigenvalue weighted by molar-refractivity contribution is 0.300. The Balaban J connectivity index is 0.000000971. The molecule has 0 fully saturated rings. The Morgan fingerprint density at radius 1 is 0.844 bits per heavy atom. The molecule has 1 aliphatic heterocycles. The second-order valence-corrected chi connectivity index (χ2v) is 6.83. The van der Waals surface area contributed by atoms with Crippen LogP contribution in [0.2, 0.25) is 0 Å². The normalized spacial score (nSPS) is 13.1. The van der Waals surface area contributed by atoms with Crippen molar-refractivity contribution in [3.8, 4) is 28.4 Å². The first-order valence-corrected chi connectivity index (χ1v) is 11.4. The van der Waals surface area contributed by atoms with Gasteiger partial charge in [-0.1, -0.05) is 78.4 Å². The van der Waals surface area contributed by atoms with E-state index in [4.69, 9.17) is 14.2 Å². The highest BCUT2D eigenvalue weighted by atomic mass is 16.5. The van der Waals surface area contributed by atoms with Gasteiger partial charge in [0.25, 0.3) is 0 Å². The van der Waals surface area contributed by atoms with Crippen LogP contribution >= 0.6 is 0 Å². The number of ether oxygens (including phenoxy) is 3. The molecule has 0 saturated heterocycles. The van der Waals surface area contributed by atoms with Crippen LogP contribution in [0.1, 0.15) is 65.5 Å². The van der Waals surface area contributed by atoms with E-state index in [0.717, 1.165) is 41.4 Å². The number of benzene rings is 3. The van der Waals surface area contributed by atoms with Crippen molar-refractivity contribution in [2.45, 2.75) is 61.0 Å². The monoisotopic (exact) mass is 436 g/mol. The number of hydrogen-bond acceptors (Lipinski definition) is 3. The van der Waals surface area contributed by atoms with Crippen molar-refractivity contribution < 1.29 is 14.2 Å². The molecule has 4 rings (SSSR count). The van der Waals surface area contributed by atoms with Crippen molar-refractivity contribution in [3.63, 3.8) is 0 Å². The molecule has 174 valence electrons. The summed E-state index contributed by atoms with van der Waals surface area (Å²) in [5, 5.41) is 0. The number of fused-ring (bicyclic) bond motifs is 1. The Labute approximate surface area is 195 Å². The van der Waals surface area contributed by atoms with E-state index < -0.39 is 0 Å². The molecule has 0 unspecified atom stereocenters. The molecule has 1 atom stereocenters. The van der Waals surface area contributed by atoms with E-state index in [1.165, 1.54) is 11.1 Å². The fourth-order valence-corrected chi connectivity index (χ4v) is 3.48. The fourth-order valence-electron chi connectivity index (χ4n) is 3.48. The summed E-state index contributed by atoms with van der Waals surface area (Å²) in [5.41, 5.74) is 4.76. The maximum Gasteiger partial charge on any atom is 0.126 e. The summed E-state index contributed by atoms with van der Waals surface area (Å²) in [5.74, 6) is 3.18. The zero-order valence-electron chi connectivity index (χ0n) is 19.8. The van der Waals surface area contributed by atoms with Crippen LogP contribution < -0.4 is 14.2 Å². The van der Waals surface area contributed by atoms with Gasteiger partial charge in [-0.05, 0) is 47.4 Å². The van der Waals surface area contributed by atoms with Gasteiger partial charge in [-0.2, -0.15) is 0 Å². The second kappa shape index (κ2) is 14.2. The highest BCUT2D eigenvalue weighted by Gasteiger charge is 2.22. The first-order chi connectivity index (χ1) is 15.3. The number of hydrogen-bond donors (Lipinski definition) is 0. The Hall–Kier alpha value is -2.94. The zero-order valence-corrected chi connectivity index (χ0v) is 19.8. The molecule has 3 aromatic rings. The van der Waals surface area contributed by atoms with Crippen LogP contribution in [0.25, 0.3) is 11.1 Å². The van der Waals surface area contributed by atoms with Crippen LogP contribution in [0.3, 0.4) is 0 Å². The Morgan fingerprint density at radius 3 is 2.19 bits per heavy atom. The molecule has 0 N–H and O–H groups in total. The summed E-state index contributed by atoms with van der Waals surface area (Å²) in [4.78, 5) is 0. The minimum Gasteiger partial charge on any atom is -0.497 e. The zero-order chi connectivity index (χ0) is 22.6. The lowest BCUT2D eigenvalue weighted by atomic mass is 9.99. The lowest BCUT2D eigenvalue weighted by Gasteiger charge is -2.10. The Bertz CT molecular complexity index is 916. The molecule has 0 aliphatic carbocycles. The molecule has 0 radical (unpaired) electrons. The van der Waals surface area contributed by atoms with E-state index in [2.05, 4.69) is 49.4 Å². The first-order valence-electron chi connectivity index (χ1n) is 11.4. The van der Waals surface area contributed by atoms with Gasteiger partial charge in [-0.3, -0.25) is 0 Å². The van der Waals surface area contributed by atoms with E-state index in [1.807, 2.05) is 52.0 Å². The van der Waals surface area contributed by atoms with Gasteiger partial charge < -0.3 is 14.2 Å². The Kier molecular flexibility index (Phi) is 12.0. The van der Waals surface area contributed by atoms with E-state index in [0.29, 0.717) is 12.5 Å². The topological polar surface area (TPSA) is 27.7 Å². The average Bonchev–Trinajstić information content (AvgIpc) is 3.28. The minimum absolute atomic E-state index is 0. The van der Waals surface area contributed by atoms with Gasteiger partial charge in [0.2, 0.25) is 0 Å². The SMILES string of the molecule is C.CC.CC.CC[C@@H]1COc2cc(OCc3cccc(-c4ccc(OC)cc4)c3)ccc21. The van der Waals surface area contributed by atoms with Gasteiger partial charge in [-0.25, -0.2) is 0 Å². The van der Waals surface area contributed by atoms with Gasteiger partial charge in [-0.15, -0.1) is 0 Å². The predicted octanol–water partition coefficient (Wildman–Crippen LogP) is 8.52. The quantitative estimate of drug-likeness (QED) is 0.387. The molecule has 3 nitrogen and oxygen atoms in total. The van der Waals surface area contributed by atoms with Crippen molar-refractivity contribution in [2.24, 2.45) is 0 Å². The lowest BCUT2D eigenvalue weighted by Crippen LogP contribution is -1.97. The molecule has 0 spiro atoms. The Morgan fingerprint density at radius 2 is 1.53 bits per heavy atom. The van der Waals surface area contributed by atoms with Gasteiger partial charge in [0.1, 0.15) is 23.9 Å². The van der Waals surface area contributed by atoms with Gasteiger partial charge in [0.05, 0.1) is 13.7 Å². The number of methoxy groups -OCH3 is 1. The van der Waals surface area contributed by atoms with Gasteiger partial charge >= 0.3 is 0 Å². The molecular weight excluding hydrogens is 396 g/mol. The molecule has 0 aromatic heterocycles. The van der Waals surface area contributed by atoms with Crippen molar-refractivity contribution in [2.75, 3.05) is 13.7 Å². The van der Waals surface area contributed by atoms with Crippen LogP contribution in [0.15, 0.2) is 66.7 Å². The van der Waals surface area contributed by atoms with Crippen LogP contribution in [0.4, 0.5) is 0 Å². The smallest absolute Gasteiger partial charge is 0.126 e. The van der Waals surface area contributed by atoms with Crippen LogP contribution in [-0.4, -0.2) is 13.7 Å². The summed E-state index contributed by atoms with van der Waals surface area (Å²) in [6.45, 7) is 11.5. The van der Waals surface area contributed by atoms with E-state index in [-0.39, 0.29) is 7.43 Å². The van der Waals surface area contributed by atoms with Crippen LogP contribution in [-0.2, 0) is 6.61 Å². The van der Waals surface area contributed by atoms with Crippen LogP contribution in [0.5, 0.6) is 17.2 Å². The molecule has 0 amide bonds. The highest BCUT2D eigenvalue weighted by molar-refractivity contribution is 5.64. The van der Waals surface area contributed by atoms with Crippen LogP contribution in [0, 0.1) is 0 Å². The first kappa shape index (κ1) is 27.1. The van der Waals surface area contributed by atoms with Crippen molar-refractivity contribution in [3.05, 3.63) is 77.9 Å². The van der Waals surface area contributed by atoms with Gasteiger partial charge in [0.15, 0.2) is 0 Å². The molecule has 3 heteroatoms. The summed E-state index contributed by atoms with van der Waals surface area (Å²) < 4.78 is 17.0. The minimum atomic E-state index is 0. The maximum absolute atomic E-state index is 6.01. The van der Waals surface area contributed by atoms with E-state index >= 15 is 0 Å². The second-order valence-electron chi connectivity index (χ2n) is 6.83. The predicted molar refractivity (Wildman–Crippen MR) is 137 cm³/mol. The summed E-state index contributed by atoms with van der Waals surface area (Å²) >= 11 is 0. The average molecular weight is 437 g/mol. The third kappa shape index (κ3) is 6.78. The molecule has 1 heterocycles. The molecule has 0 bridgehead atoms. The largest absolute Gasteiger partial charge is 0.497 e. The molecule has 3 aromatic carbocycles. The number of rotatable bonds is 6. The van der Waals surface area contributed by atoms with E-state index in [1.54, 1.807) is 7.11 Å². The fraction of sp³-hybridized carbons (Fsp3) is 0.379. The van der Waals surface area contributed by atoms with Crippen molar-refractivity contribution in [1.82, 2.24) is 0 Å². The van der Waals surface area contributed by atoms with E-state index in [9.17, 15) is 0 Å². The third-order valence-corrected chi connectivity index (χ3v) is 5.11. The van der Waals surface area contributed by atoms with Crippen molar-refractivity contribution in [1.29, 1.82) is 0 Å². The summed E-state index contributed by atoms with van der Waals surface area (Å²) in [7, 11) is 1.68. The molecule has 1 aliphatic rings.